The van der Waals surface area contributed by atoms with E-state index in [0.717, 1.165) is 44.8 Å². The summed E-state index contributed by atoms with van der Waals surface area (Å²) in [4.78, 5) is 0. The van der Waals surface area contributed by atoms with Crippen molar-refractivity contribution in [3.63, 3.8) is 0 Å². The minimum absolute atomic E-state index is 0.485. The molecule has 0 radical (unpaired) electrons. The van der Waals surface area contributed by atoms with Crippen molar-refractivity contribution in [2.45, 2.75) is 38.2 Å². The second-order valence-electron chi connectivity index (χ2n) is 4.84. The molecule has 0 bridgehead atoms. The third-order valence-corrected chi connectivity index (χ3v) is 3.41. The van der Waals surface area contributed by atoms with E-state index in [2.05, 4.69) is 6.07 Å². The second kappa shape index (κ2) is 7.39. The Balaban J connectivity index is 1.52. The van der Waals surface area contributed by atoms with Gasteiger partial charge in [-0.15, -0.1) is 0 Å². The summed E-state index contributed by atoms with van der Waals surface area (Å²) >= 11 is 0. The zero-order valence-corrected chi connectivity index (χ0v) is 10.9. The minimum atomic E-state index is 0.485. The number of nitrogen functional groups attached to an aromatic ring is 1. The van der Waals surface area contributed by atoms with Crippen LogP contribution in [0.2, 0.25) is 0 Å². The Bertz CT molecular complexity index is 348. The van der Waals surface area contributed by atoms with Gasteiger partial charge in [0.05, 0.1) is 12.7 Å². The monoisotopic (exact) mass is 249 g/mol. The van der Waals surface area contributed by atoms with Crippen molar-refractivity contribution in [1.29, 1.82) is 0 Å². The third-order valence-electron chi connectivity index (χ3n) is 3.41. The molecule has 1 aliphatic heterocycles. The lowest BCUT2D eigenvalue weighted by molar-refractivity contribution is 0.0827. The molecular weight excluding hydrogens is 226 g/mol. The standard InChI is InChI=1S/C15H23NO2/c16-15-8-2-1-5-13(15)9-12-17-10-3-6-14-7-4-11-18-14/h1-2,5,8,14H,3-4,6-7,9-12,16H2. The number of para-hydroxylation sites is 1. The van der Waals surface area contributed by atoms with Gasteiger partial charge in [0.2, 0.25) is 0 Å². The molecular formula is C15H23NO2. The predicted molar refractivity (Wildman–Crippen MR) is 73.6 cm³/mol. The first kappa shape index (κ1) is 13.4. The molecule has 0 aliphatic carbocycles. The summed E-state index contributed by atoms with van der Waals surface area (Å²) in [6.07, 6.45) is 6.05. The fourth-order valence-electron chi connectivity index (χ4n) is 2.33. The second-order valence-corrected chi connectivity index (χ2v) is 4.84. The Morgan fingerprint density at radius 3 is 2.94 bits per heavy atom. The van der Waals surface area contributed by atoms with Crippen LogP contribution in [0.3, 0.4) is 0 Å². The lowest BCUT2D eigenvalue weighted by Gasteiger charge is -2.09. The summed E-state index contributed by atoms with van der Waals surface area (Å²) in [7, 11) is 0. The molecule has 1 aromatic rings. The van der Waals surface area contributed by atoms with E-state index in [-0.39, 0.29) is 0 Å². The van der Waals surface area contributed by atoms with Gasteiger partial charge in [-0.3, -0.25) is 0 Å². The molecule has 2 rings (SSSR count). The molecule has 1 unspecified atom stereocenters. The number of hydrogen-bond donors (Lipinski definition) is 1. The van der Waals surface area contributed by atoms with Crippen LogP contribution >= 0.6 is 0 Å². The van der Waals surface area contributed by atoms with Gasteiger partial charge < -0.3 is 15.2 Å². The zero-order valence-electron chi connectivity index (χ0n) is 10.9. The van der Waals surface area contributed by atoms with Crippen LogP contribution in [0.1, 0.15) is 31.2 Å². The van der Waals surface area contributed by atoms with E-state index in [0.29, 0.717) is 6.10 Å². The lowest BCUT2D eigenvalue weighted by atomic mass is 10.1. The predicted octanol–water partition coefficient (Wildman–Crippen LogP) is 2.79. The maximum atomic E-state index is 5.87. The largest absolute Gasteiger partial charge is 0.399 e. The van der Waals surface area contributed by atoms with E-state index in [9.17, 15) is 0 Å². The molecule has 1 atom stereocenters. The molecule has 0 amide bonds. The molecule has 2 N–H and O–H groups in total. The van der Waals surface area contributed by atoms with Crippen molar-refractivity contribution in [2.75, 3.05) is 25.6 Å². The van der Waals surface area contributed by atoms with Gasteiger partial charge >= 0.3 is 0 Å². The average Bonchev–Trinajstić information content (AvgIpc) is 2.89. The first-order valence-electron chi connectivity index (χ1n) is 6.89. The van der Waals surface area contributed by atoms with E-state index >= 15 is 0 Å². The molecule has 3 nitrogen and oxygen atoms in total. The van der Waals surface area contributed by atoms with Crippen molar-refractivity contribution < 1.29 is 9.47 Å². The fourth-order valence-corrected chi connectivity index (χ4v) is 2.33. The molecule has 1 aliphatic rings. The quantitative estimate of drug-likeness (QED) is 0.597. The molecule has 1 saturated heterocycles. The highest BCUT2D eigenvalue weighted by Gasteiger charge is 2.14. The van der Waals surface area contributed by atoms with Gasteiger partial charge in [-0.1, -0.05) is 18.2 Å². The number of nitrogens with two attached hydrogens (primary N) is 1. The van der Waals surface area contributed by atoms with Gasteiger partial charge in [-0.25, -0.2) is 0 Å². The van der Waals surface area contributed by atoms with Crippen LogP contribution in [0.5, 0.6) is 0 Å². The third kappa shape index (κ3) is 4.31. The average molecular weight is 249 g/mol. The highest BCUT2D eigenvalue weighted by atomic mass is 16.5. The number of rotatable bonds is 7. The van der Waals surface area contributed by atoms with Crippen molar-refractivity contribution in [3.8, 4) is 0 Å². The Morgan fingerprint density at radius 2 is 2.17 bits per heavy atom. The highest BCUT2D eigenvalue weighted by Crippen LogP contribution is 2.16. The molecule has 1 fully saturated rings. The first-order valence-corrected chi connectivity index (χ1v) is 6.89. The zero-order chi connectivity index (χ0) is 12.6. The smallest absolute Gasteiger partial charge is 0.0576 e. The van der Waals surface area contributed by atoms with Gasteiger partial charge in [-0.05, 0) is 43.7 Å². The Labute approximate surface area is 109 Å². The van der Waals surface area contributed by atoms with Crippen LogP contribution in [0.25, 0.3) is 0 Å². The highest BCUT2D eigenvalue weighted by molar-refractivity contribution is 5.46. The van der Waals surface area contributed by atoms with Crippen molar-refractivity contribution in [2.24, 2.45) is 0 Å². The summed E-state index contributed by atoms with van der Waals surface area (Å²) < 4.78 is 11.2. The summed E-state index contributed by atoms with van der Waals surface area (Å²) in [6, 6.07) is 7.97. The van der Waals surface area contributed by atoms with Crippen LogP contribution in [-0.2, 0) is 15.9 Å². The van der Waals surface area contributed by atoms with Crippen molar-refractivity contribution in [3.05, 3.63) is 29.8 Å². The van der Waals surface area contributed by atoms with E-state index in [1.807, 2.05) is 18.2 Å². The number of anilines is 1. The van der Waals surface area contributed by atoms with Crippen molar-refractivity contribution >= 4 is 5.69 Å². The Hall–Kier alpha value is -1.06. The van der Waals surface area contributed by atoms with Gasteiger partial charge in [0.15, 0.2) is 0 Å². The number of benzene rings is 1. The Kier molecular flexibility index (Phi) is 5.49. The van der Waals surface area contributed by atoms with Gasteiger partial charge in [0, 0.05) is 18.9 Å². The molecule has 0 spiro atoms. The molecule has 0 aromatic heterocycles. The molecule has 1 heterocycles. The maximum Gasteiger partial charge on any atom is 0.0576 e. The van der Waals surface area contributed by atoms with Gasteiger partial charge in [0.25, 0.3) is 0 Å². The van der Waals surface area contributed by atoms with Crippen molar-refractivity contribution in [1.82, 2.24) is 0 Å². The SMILES string of the molecule is Nc1ccccc1CCOCCCC1CCCO1. The molecule has 0 saturated carbocycles. The normalized spacial score (nSPS) is 19.2. The van der Waals surface area contributed by atoms with Gasteiger partial charge in [0.1, 0.15) is 0 Å². The van der Waals surface area contributed by atoms with Crippen LogP contribution < -0.4 is 5.73 Å². The lowest BCUT2D eigenvalue weighted by Crippen LogP contribution is -2.08. The summed E-state index contributed by atoms with van der Waals surface area (Å²) in [5.74, 6) is 0. The number of hydrogen-bond acceptors (Lipinski definition) is 3. The van der Waals surface area contributed by atoms with E-state index in [1.54, 1.807) is 0 Å². The van der Waals surface area contributed by atoms with E-state index < -0.39 is 0 Å². The van der Waals surface area contributed by atoms with Crippen LogP contribution in [0.4, 0.5) is 5.69 Å². The first-order chi connectivity index (χ1) is 8.86. The summed E-state index contributed by atoms with van der Waals surface area (Å²) in [5.41, 5.74) is 7.91. The molecule has 1 aromatic carbocycles. The van der Waals surface area contributed by atoms with E-state index in [4.69, 9.17) is 15.2 Å². The number of ether oxygens (including phenoxy) is 2. The van der Waals surface area contributed by atoms with E-state index in [1.165, 1.54) is 18.4 Å². The summed E-state index contributed by atoms with van der Waals surface area (Å²) in [6.45, 7) is 2.52. The molecule has 3 heteroatoms. The Morgan fingerprint density at radius 1 is 1.28 bits per heavy atom. The van der Waals surface area contributed by atoms with Crippen LogP contribution in [0, 0.1) is 0 Å². The summed E-state index contributed by atoms with van der Waals surface area (Å²) in [5, 5.41) is 0. The van der Waals surface area contributed by atoms with Crippen LogP contribution in [0.15, 0.2) is 24.3 Å². The molecule has 100 valence electrons. The minimum Gasteiger partial charge on any atom is -0.399 e. The fraction of sp³-hybridized carbons (Fsp3) is 0.600. The maximum absolute atomic E-state index is 5.87. The molecule has 18 heavy (non-hydrogen) atoms. The van der Waals surface area contributed by atoms with Crippen LogP contribution in [-0.4, -0.2) is 25.9 Å². The topological polar surface area (TPSA) is 44.5 Å². The van der Waals surface area contributed by atoms with Gasteiger partial charge in [-0.2, -0.15) is 0 Å².